The molecule has 1 aliphatic rings. The molecule has 1 N–H and O–H groups in total. The van der Waals surface area contributed by atoms with Gasteiger partial charge in [-0.25, -0.2) is 8.42 Å². The molecule has 0 aliphatic carbocycles. The SMILES string of the molecule is CCc1ccccc1S(=O)(=O)N1CCCC(c2nnc(C(=O)Nc3cccc(Cl)c3)s2)C1. The number of hydrogen-bond donors (Lipinski definition) is 1. The molecule has 0 radical (unpaired) electrons. The molecular weight excluding hydrogens is 468 g/mol. The Morgan fingerprint density at radius 1 is 1.22 bits per heavy atom. The molecule has 7 nitrogen and oxygen atoms in total. The number of aryl methyl sites for hydroxylation is 1. The van der Waals surface area contributed by atoms with Crippen molar-refractivity contribution in [2.75, 3.05) is 18.4 Å². The van der Waals surface area contributed by atoms with Crippen LogP contribution in [0, 0.1) is 0 Å². The molecule has 2 aromatic carbocycles. The average molecular weight is 491 g/mol. The first-order valence-corrected chi connectivity index (χ1v) is 13.0. The molecule has 4 rings (SSSR count). The van der Waals surface area contributed by atoms with Crippen molar-refractivity contribution in [3.63, 3.8) is 0 Å². The molecular formula is C22H23ClN4O3S2. The Labute approximate surface area is 196 Å². The highest BCUT2D eigenvalue weighted by Gasteiger charge is 2.33. The summed E-state index contributed by atoms with van der Waals surface area (Å²) in [5, 5.41) is 12.4. The van der Waals surface area contributed by atoms with E-state index in [4.69, 9.17) is 11.6 Å². The second-order valence-electron chi connectivity index (χ2n) is 7.57. The highest BCUT2D eigenvalue weighted by Crippen LogP contribution is 2.33. The van der Waals surface area contributed by atoms with Crippen molar-refractivity contribution in [1.29, 1.82) is 0 Å². The Morgan fingerprint density at radius 2 is 2.03 bits per heavy atom. The van der Waals surface area contributed by atoms with E-state index in [0.717, 1.165) is 18.4 Å². The lowest BCUT2D eigenvalue weighted by Gasteiger charge is -2.31. The predicted molar refractivity (Wildman–Crippen MR) is 126 cm³/mol. The summed E-state index contributed by atoms with van der Waals surface area (Å²) < 4.78 is 28.1. The van der Waals surface area contributed by atoms with Gasteiger partial charge in [0.15, 0.2) is 0 Å². The number of nitrogens with zero attached hydrogens (tertiary/aromatic N) is 3. The quantitative estimate of drug-likeness (QED) is 0.546. The lowest BCUT2D eigenvalue weighted by atomic mass is 10.0. The van der Waals surface area contributed by atoms with Crippen LogP contribution in [0.4, 0.5) is 5.69 Å². The highest BCUT2D eigenvalue weighted by molar-refractivity contribution is 7.89. The van der Waals surface area contributed by atoms with E-state index in [1.54, 1.807) is 36.4 Å². The Kier molecular flexibility index (Phi) is 6.90. The fourth-order valence-corrected chi connectivity index (χ4v) is 6.66. The summed E-state index contributed by atoms with van der Waals surface area (Å²) in [5.74, 6) is -0.467. The molecule has 32 heavy (non-hydrogen) atoms. The van der Waals surface area contributed by atoms with E-state index in [0.29, 0.717) is 40.1 Å². The molecule has 1 atom stereocenters. The number of halogens is 1. The van der Waals surface area contributed by atoms with Crippen LogP contribution >= 0.6 is 22.9 Å². The van der Waals surface area contributed by atoms with Crippen LogP contribution in [0.2, 0.25) is 5.02 Å². The van der Waals surface area contributed by atoms with E-state index < -0.39 is 10.0 Å². The number of carbonyl (C=O) groups excluding carboxylic acids is 1. The van der Waals surface area contributed by atoms with E-state index in [2.05, 4.69) is 15.5 Å². The van der Waals surface area contributed by atoms with Crippen molar-refractivity contribution in [3.8, 4) is 0 Å². The Morgan fingerprint density at radius 3 is 2.81 bits per heavy atom. The molecule has 1 saturated heterocycles. The third-order valence-electron chi connectivity index (χ3n) is 5.42. The summed E-state index contributed by atoms with van der Waals surface area (Å²) in [6.07, 6.45) is 2.17. The molecule has 1 unspecified atom stereocenters. The maximum Gasteiger partial charge on any atom is 0.286 e. The first-order valence-electron chi connectivity index (χ1n) is 10.4. The van der Waals surface area contributed by atoms with Gasteiger partial charge in [-0.2, -0.15) is 4.31 Å². The molecule has 1 aliphatic heterocycles. The summed E-state index contributed by atoms with van der Waals surface area (Å²) >= 11 is 7.16. The van der Waals surface area contributed by atoms with Crippen molar-refractivity contribution in [2.24, 2.45) is 0 Å². The number of nitrogens with one attached hydrogen (secondary N) is 1. The van der Waals surface area contributed by atoms with Gasteiger partial charge in [0.2, 0.25) is 15.0 Å². The zero-order chi connectivity index (χ0) is 22.7. The van der Waals surface area contributed by atoms with Crippen LogP contribution in [0.15, 0.2) is 53.4 Å². The topological polar surface area (TPSA) is 92.3 Å². The number of rotatable bonds is 6. The number of anilines is 1. The molecule has 2 heterocycles. The van der Waals surface area contributed by atoms with Crippen LogP contribution in [0.3, 0.4) is 0 Å². The van der Waals surface area contributed by atoms with Gasteiger partial charge in [0.1, 0.15) is 5.01 Å². The highest BCUT2D eigenvalue weighted by atomic mass is 35.5. The summed E-state index contributed by atoms with van der Waals surface area (Å²) in [6, 6.07) is 14.0. The van der Waals surface area contributed by atoms with Gasteiger partial charge in [0.05, 0.1) is 4.90 Å². The van der Waals surface area contributed by atoms with Gasteiger partial charge in [0.25, 0.3) is 5.91 Å². The van der Waals surface area contributed by atoms with E-state index in [9.17, 15) is 13.2 Å². The summed E-state index contributed by atoms with van der Waals surface area (Å²) in [5.41, 5.74) is 1.38. The monoisotopic (exact) mass is 490 g/mol. The van der Waals surface area contributed by atoms with Crippen LogP contribution in [-0.2, 0) is 16.4 Å². The van der Waals surface area contributed by atoms with Gasteiger partial charge in [0, 0.05) is 29.7 Å². The molecule has 0 bridgehead atoms. The fraction of sp³-hybridized carbons (Fsp3) is 0.318. The van der Waals surface area contributed by atoms with Gasteiger partial charge < -0.3 is 5.32 Å². The summed E-state index contributed by atoms with van der Waals surface area (Å²) in [4.78, 5) is 12.9. The first kappa shape index (κ1) is 22.8. The van der Waals surface area contributed by atoms with Crippen LogP contribution in [0.25, 0.3) is 0 Å². The van der Waals surface area contributed by atoms with Gasteiger partial charge in [-0.15, -0.1) is 10.2 Å². The minimum Gasteiger partial charge on any atom is -0.320 e. The van der Waals surface area contributed by atoms with Crippen LogP contribution < -0.4 is 5.32 Å². The van der Waals surface area contributed by atoms with E-state index >= 15 is 0 Å². The number of piperidine rings is 1. The number of carbonyl (C=O) groups is 1. The summed E-state index contributed by atoms with van der Waals surface area (Å²) in [6.45, 7) is 2.74. The molecule has 0 saturated carbocycles. The Balaban J connectivity index is 1.49. The van der Waals surface area contributed by atoms with Crippen molar-refractivity contribution in [1.82, 2.24) is 14.5 Å². The smallest absolute Gasteiger partial charge is 0.286 e. The summed E-state index contributed by atoms with van der Waals surface area (Å²) in [7, 11) is -3.60. The molecule has 10 heteroatoms. The normalized spacial score (nSPS) is 17.2. The van der Waals surface area contributed by atoms with E-state index in [-0.39, 0.29) is 16.8 Å². The minimum absolute atomic E-state index is 0.0995. The lowest BCUT2D eigenvalue weighted by Crippen LogP contribution is -2.39. The predicted octanol–water partition coefficient (Wildman–Crippen LogP) is 4.57. The van der Waals surface area contributed by atoms with Crippen LogP contribution in [0.5, 0.6) is 0 Å². The third-order valence-corrected chi connectivity index (χ3v) is 8.71. The van der Waals surface area contributed by atoms with Crippen molar-refractivity contribution >= 4 is 44.6 Å². The molecule has 0 spiro atoms. The van der Waals surface area contributed by atoms with Crippen molar-refractivity contribution in [2.45, 2.75) is 37.0 Å². The van der Waals surface area contributed by atoms with Crippen molar-refractivity contribution < 1.29 is 13.2 Å². The number of sulfonamides is 1. The number of amides is 1. The van der Waals surface area contributed by atoms with Gasteiger partial charge in [-0.3, -0.25) is 4.79 Å². The first-order chi connectivity index (χ1) is 15.4. The van der Waals surface area contributed by atoms with Gasteiger partial charge in [-0.1, -0.05) is 54.1 Å². The van der Waals surface area contributed by atoms with Gasteiger partial charge >= 0.3 is 0 Å². The number of aromatic nitrogens is 2. The Bertz CT molecular complexity index is 1230. The molecule has 1 aromatic heterocycles. The largest absolute Gasteiger partial charge is 0.320 e. The maximum absolute atomic E-state index is 13.3. The molecule has 1 fully saturated rings. The fourth-order valence-electron chi connectivity index (χ4n) is 3.79. The van der Waals surface area contributed by atoms with Gasteiger partial charge in [-0.05, 0) is 49.1 Å². The lowest BCUT2D eigenvalue weighted by molar-refractivity contribution is 0.102. The van der Waals surface area contributed by atoms with Crippen molar-refractivity contribution in [3.05, 3.63) is 69.1 Å². The minimum atomic E-state index is -3.60. The zero-order valence-electron chi connectivity index (χ0n) is 17.5. The van der Waals surface area contributed by atoms with Crippen LogP contribution in [0.1, 0.15) is 46.1 Å². The molecule has 1 amide bonds. The third kappa shape index (κ3) is 4.85. The average Bonchev–Trinajstić information content (AvgIpc) is 3.30. The zero-order valence-corrected chi connectivity index (χ0v) is 19.9. The van der Waals surface area contributed by atoms with E-state index in [1.807, 2.05) is 19.1 Å². The van der Waals surface area contributed by atoms with E-state index in [1.165, 1.54) is 15.6 Å². The molecule has 168 valence electrons. The molecule has 3 aromatic rings. The maximum atomic E-state index is 13.3. The Hall–Kier alpha value is -2.33. The number of benzene rings is 2. The standard InChI is InChI=1S/C22H23ClN4O3S2/c1-2-15-7-3-4-11-19(15)32(29,30)27-12-6-8-16(14-27)21-25-26-22(31-21)20(28)24-18-10-5-9-17(23)13-18/h3-5,7,9-11,13,16H,2,6,8,12,14H2,1H3,(H,24,28). The second kappa shape index (κ2) is 9.66. The number of hydrogen-bond acceptors (Lipinski definition) is 6. The second-order valence-corrected chi connectivity index (χ2v) is 10.9. The van der Waals surface area contributed by atoms with Crippen LogP contribution in [-0.4, -0.2) is 41.9 Å².